The number of benzene rings is 2. The predicted molar refractivity (Wildman–Crippen MR) is 80.5 cm³/mol. The van der Waals surface area contributed by atoms with Crippen molar-refractivity contribution >= 4 is 33.4 Å². The summed E-state index contributed by atoms with van der Waals surface area (Å²) in [6.07, 6.45) is 1.59. The SMILES string of the molecule is O=c1[nH]c(-c2ccc3ccccc3c2)ncc1I. The van der Waals surface area contributed by atoms with Crippen molar-refractivity contribution in [2.24, 2.45) is 0 Å². The van der Waals surface area contributed by atoms with Gasteiger partial charge in [0, 0.05) is 11.8 Å². The fraction of sp³-hybridized carbons (Fsp3) is 0. The van der Waals surface area contributed by atoms with Crippen LogP contribution in [0.25, 0.3) is 22.2 Å². The van der Waals surface area contributed by atoms with Crippen LogP contribution in [0.1, 0.15) is 0 Å². The Hall–Kier alpha value is -1.69. The van der Waals surface area contributed by atoms with Crippen LogP contribution in [0, 0.1) is 3.57 Å². The number of halogens is 1. The molecule has 0 aliphatic heterocycles. The fourth-order valence-electron chi connectivity index (χ4n) is 1.86. The molecule has 0 atom stereocenters. The van der Waals surface area contributed by atoms with Crippen LogP contribution in [0.5, 0.6) is 0 Å². The van der Waals surface area contributed by atoms with Crippen molar-refractivity contribution < 1.29 is 0 Å². The molecule has 0 aliphatic rings. The molecule has 0 aliphatic carbocycles. The summed E-state index contributed by atoms with van der Waals surface area (Å²) in [5.74, 6) is 0.603. The van der Waals surface area contributed by atoms with Crippen molar-refractivity contribution in [1.29, 1.82) is 0 Å². The lowest BCUT2D eigenvalue weighted by molar-refractivity contribution is 1.11. The van der Waals surface area contributed by atoms with Crippen LogP contribution in [0.15, 0.2) is 53.5 Å². The summed E-state index contributed by atoms with van der Waals surface area (Å²) in [5.41, 5.74) is 0.816. The smallest absolute Gasteiger partial charge is 0.264 e. The number of H-pyrrole nitrogens is 1. The molecule has 1 heterocycles. The van der Waals surface area contributed by atoms with E-state index in [0.29, 0.717) is 9.39 Å². The number of nitrogens with zero attached hydrogens (tertiary/aromatic N) is 1. The minimum Gasteiger partial charge on any atom is -0.306 e. The normalized spacial score (nSPS) is 10.7. The number of aromatic amines is 1. The van der Waals surface area contributed by atoms with Gasteiger partial charge in [-0.15, -0.1) is 0 Å². The van der Waals surface area contributed by atoms with Crippen LogP contribution < -0.4 is 5.56 Å². The molecule has 18 heavy (non-hydrogen) atoms. The molecule has 0 bridgehead atoms. The maximum atomic E-state index is 11.6. The quantitative estimate of drug-likeness (QED) is 0.687. The Bertz CT molecular complexity index is 780. The van der Waals surface area contributed by atoms with E-state index in [1.165, 1.54) is 5.39 Å². The molecule has 0 radical (unpaired) electrons. The molecule has 0 unspecified atom stereocenters. The van der Waals surface area contributed by atoms with E-state index in [1.54, 1.807) is 6.20 Å². The highest BCUT2D eigenvalue weighted by Crippen LogP contribution is 2.21. The van der Waals surface area contributed by atoms with Gasteiger partial charge in [-0.25, -0.2) is 4.98 Å². The molecule has 0 fully saturated rings. The summed E-state index contributed by atoms with van der Waals surface area (Å²) in [6.45, 7) is 0. The third kappa shape index (κ3) is 2.03. The summed E-state index contributed by atoms with van der Waals surface area (Å²) in [7, 11) is 0. The van der Waals surface area contributed by atoms with Gasteiger partial charge in [-0.1, -0.05) is 36.4 Å². The van der Waals surface area contributed by atoms with E-state index in [-0.39, 0.29) is 5.56 Å². The third-order valence-corrected chi connectivity index (χ3v) is 3.55. The van der Waals surface area contributed by atoms with Gasteiger partial charge in [-0.05, 0) is 39.4 Å². The van der Waals surface area contributed by atoms with Gasteiger partial charge >= 0.3 is 0 Å². The van der Waals surface area contributed by atoms with Crippen LogP contribution in [0.4, 0.5) is 0 Å². The summed E-state index contributed by atoms with van der Waals surface area (Å²) in [6, 6.07) is 14.1. The van der Waals surface area contributed by atoms with Crippen LogP contribution in [0.2, 0.25) is 0 Å². The average molecular weight is 348 g/mol. The van der Waals surface area contributed by atoms with Crippen LogP contribution in [-0.2, 0) is 0 Å². The van der Waals surface area contributed by atoms with Gasteiger partial charge in [-0.2, -0.15) is 0 Å². The molecule has 3 rings (SSSR count). The Morgan fingerprint density at radius 2 is 1.83 bits per heavy atom. The van der Waals surface area contributed by atoms with Crippen molar-refractivity contribution in [2.45, 2.75) is 0 Å². The lowest BCUT2D eigenvalue weighted by Gasteiger charge is -2.03. The number of hydrogen-bond acceptors (Lipinski definition) is 2. The lowest BCUT2D eigenvalue weighted by Crippen LogP contribution is -2.11. The van der Waals surface area contributed by atoms with Gasteiger partial charge in [0.15, 0.2) is 0 Å². The summed E-state index contributed by atoms with van der Waals surface area (Å²) >= 11 is 1.97. The molecule has 3 nitrogen and oxygen atoms in total. The van der Waals surface area contributed by atoms with E-state index < -0.39 is 0 Å². The highest BCUT2D eigenvalue weighted by molar-refractivity contribution is 14.1. The molecule has 0 amide bonds. The number of nitrogens with one attached hydrogen (secondary N) is 1. The number of rotatable bonds is 1. The molecule has 0 saturated heterocycles. The van der Waals surface area contributed by atoms with Crippen molar-refractivity contribution in [2.75, 3.05) is 0 Å². The average Bonchev–Trinajstić information content (AvgIpc) is 2.41. The number of aromatic nitrogens is 2. The first-order valence-electron chi connectivity index (χ1n) is 5.48. The molecule has 3 aromatic rings. The minimum atomic E-state index is -0.103. The highest BCUT2D eigenvalue weighted by atomic mass is 127. The number of hydrogen-bond donors (Lipinski definition) is 1. The monoisotopic (exact) mass is 348 g/mol. The molecule has 88 valence electrons. The first kappa shape index (κ1) is 11.4. The van der Waals surface area contributed by atoms with Crippen LogP contribution >= 0.6 is 22.6 Å². The zero-order valence-electron chi connectivity index (χ0n) is 9.35. The highest BCUT2D eigenvalue weighted by Gasteiger charge is 2.03. The Morgan fingerprint density at radius 3 is 2.61 bits per heavy atom. The number of fused-ring (bicyclic) bond motifs is 1. The van der Waals surface area contributed by atoms with Gasteiger partial charge in [-0.3, -0.25) is 4.79 Å². The second-order valence-corrected chi connectivity index (χ2v) is 5.13. The Balaban J connectivity index is 2.19. The zero-order chi connectivity index (χ0) is 12.5. The molecule has 0 spiro atoms. The van der Waals surface area contributed by atoms with Gasteiger partial charge in [0.1, 0.15) is 5.82 Å². The Morgan fingerprint density at radius 1 is 1.06 bits per heavy atom. The fourth-order valence-corrected chi connectivity index (χ4v) is 2.14. The standard InChI is InChI=1S/C14H9IN2O/c15-12-8-16-13(17-14(12)18)11-6-5-9-3-1-2-4-10(9)7-11/h1-8H,(H,16,17,18). The maximum Gasteiger partial charge on any atom is 0.264 e. The van der Waals surface area contributed by atoms with Crippen LogP contribution in [-0.4, -0.2) is 9.97 Å². The van der Waals surface area contributed by atoms with Gasteiger partial charge in [0.05, 0.1) is 3.57 Å². The first-order valence-corrected chi connectivity index (χ1v) is 6.56. The summed E-state index contributed by atoms with van der Waals surface area (Å²) in [4.78, 5) is 18.6. The largest absolute Gasteiger partial charge is 0.306 e. The molecular weight excluding hydrogens is 339 g/mol. The first-order chi connectivity index (χ1) is 8.74. The van der Waals surface area contributed by atoms with Crippen molar-refractivity contribution in [3.05, 3.63) is 62.6 Å². The summed E-state index contributed by atoms with van der Waals surface area (Å²) in [5, 5.41) is 2.31. The lowest BCUT2D eigenvalue weighted by atomic mass is 10.1. The maximum absolute atomic E-state index is 11.6. The van der Waals surface area contributed by atoms with E-state index in [9.17, 15) is 4.79 Å². The Labute approximate surface area is 117 Å². The minimum absolute atomic E-state index is 0.103. The van der Waals surface area contributed by atoms with E-state index in [4.69, 9.17) is 0 Å². The van der Waals surface area contributed by atoms with Gasteiger partial charge in [0.2, 0.25) is 0 Å². The van der Waals surface area contributed by atoms with Crippen molar-refractivity contribution in [3.8, 4) is 11.4 Å². The predicted octanol–water partition coefficient (Wildman–Crippen LogP) is 3.19. The van der Waals surface area contributed by atoms with Crippen molar-refractivity contribution in [1.82, 2.24) is 9.97 Å². The van der Waals surface area contributed by atoms with E-state index in [2.05, 4.69) is 16.0 Å². The Kier molecular flexibility index (Phi) is 2.87. The van der Waals surface area contributed by atoms with Gasteiger partial charge < -0.3 is 4.98 Å². The zero-order valence-corrected chi connectivity index (χ0v) is 11.5. The molecule has 0 saturated carbocycles. The molecule has 4 heteroatoms. The third-order valence-electron chi connectivity index (χ3n) is 2.78. The summed E-state index contributed by atoms with van der Waals surface area (Å²) < 4.78 is 0.595. The second kappa shape index (κ2) is 4.53. The molecular formula is C14H9IN2O. The van der Waals surface area contributed by atoms with Gasteiger partial charge in [0.25, 0.3) is 5.56 Å². The van der Waals surface area contributed by atoms with E-state index >= 15 is 0 Å². The molecule has 2 aromatic carbocycles. The molecule has 1 N–H and O–H groups in total. The second-order valence-electron chi connectivity index (χ2n) is 3.97. The van der Waals surface area contributed by atoms with E-state index in [0.717, 1.165) is 10.9 Å². The topological polar surface area (TPSA) is 45.8 Å². The molecule has 1 aromatic heterocycles. The van der Waals surface area contributed by atoms with E-state index in [1.807, 2.05) is 59.0 Å². The van der Waals surface area contributed by atoms with Crippen LogP contribution in [0.3, 0.4) is 0 Å². The van der Waals surface area contributed by atoms with Crippen molar-refractivity contribution in [3.63, 3.8) is 0 Å².